The van der Waals surface area contributed by atoms with Crippen LogP contribution in [0.1, 0.15) is 40.0 Å². The van der Waals surface area contributed by atoms with Gasteiger partial charge in [0.2, 0.25) is 0 Å². The smallest absolute Gasteiger partial charge is 0.317 e. The third kappa shape index (κ3) is 4.07. The van der Waals surface area contributed by atoms with E-state index in [1.807, 2.05) is 6.92 Å². The number of rotatable bonds is 7. The predicted molar refractivity (Wildman–Crippen MR) is 85.1 cm³/mol. The molecule has 0 aromatic rings. The molecule has 23 heavy (non-hydrogen) atoms. The summed E-state index contributed by atoms with van der Waals surface area (Å²) in [5, 5.41) is 0. The second kappa shape index (κ2) is 8.06. The van der Waals surface area contributed by atoms with Crippen molar-refractivity contribution in [3.63, 3.8) is 0 Å². The lowest BCUT2D eigenvalue weighted by Crippen LogP contribution is -2.47. The fourth-order valence-corrected chi connectivity index (χ4v) is 3.02. The van der Waals surface area contributed by atoms with Crippen LogP contribution in [0.25, 0.3) is 0 Å². The Morgan fingerprint density at radius 1 is 1.43 bits per heavy atom. The van der Waals surface area contributed by atoms with Gasteiger partial charge in [-0.2, -0.15) is 0 Å². The van der Waals surface area contributed by atoms with Crippen molar-refractivity contribution < 1.29 is 24.0 Å². The number of carbonyl (C=O) groups is 3. The molecule has 0 amide bonds. The van der Waals surface area contributed by atoms with E-state index >= 15 is 0 Å². The maximum Gasteiger partial charge on any atom is 0.317 e. The molecule has 0 spiro atoms. The summed E-state index contributed by atoms with van der Waals surface area (Å²) in [6.07, 6.45) is 2.64. The second-order valence-corrected chi connectivity index (χ2v) is 6.05. The summed E-state index contributed by atoms with van der Waals surface area (Å²) in [5.74, 6) is -2.29. The molecule has 1 aliphatic rings. The van der Waals surface area contributed by atoms with Gasteiger partial charge >= 0.3 is 5.97 Å². The predicted octanol–water partition coefficient (Wildman–Crippen LogP) is 2.11. The molecule has 6 heteroatoms. The van der Waals surface area contributed by atoms with E-state index in [4.69, 9.17) is 9.57 Å². The zero-order valence-electron chi connectivity index (χ0n) is 14.2. The summed E-state index contributed by atoms with van der Waals surface area (Å²) in [6.45, 7) is 9.23. The Bertz CT molecular complexity index is 533. The normalized spacial score (nSPS) is 22.5. The summed E-state index contributed by atoms with van der Waals surface area (Å²) >= 11 is 0. The molecular weight excluding hydrogens is 298 g/mol. The van der Waals surface area contributed by atoms with Gasteiger partial charge in [0.1, 0.15) is 5.92 Å². The van der Waals surface area contributed by atoms with Gasteiger partial charge in [0.05, 0.1) is 20.1 Å². The highest BCUT2D eigenvalue weighted by atomic mass is 16.6. The van der Waals surface area contributed by atoms with Crippen molar-refractivity contribution in [2.24, 2.45) is 11.3 Å². The molecule has 6 nitrogen and oxygen atoms in total. The molecular formula is C17H25NO5. The minimum Gasteiger partial charge on any atom is -0.468 e. The number of ketones is 2. The van der Waals surface area contributed by atoms with Crippen LogP contribution in [0.3, 0.4) is 0 Å². The van der Waals surface area contributed by atoms with Crippen molar-refractivity contribution in [1.82, 2.24) is 5.48 Å². The van der Waals surface area contributed by atoms with E-state index in [1.54, 1.807) is 19.9 Å². The van der Waals surface area contributed by atoms with E-state index in [1.165, 1.54) is 7.11 Å². The number of esters is 1. The third-order valence-electron chi connectivity index (χ3n) is 3.94. The Kier molecular flexibility index (Phi) is 6.69. The Balaban J connectivity index is 3.33. The summed E-state index contributed by atoms with van der Waals surface area (Å²) in [4.78, 5) is 42.0. The lowest BCUT2D eigenvalue weighted by molar-refractivity contribution is -0.155. The summed E-state index contributed by atoms with van der Waals surface area (Å²) < 4.78 is 4.76. The quantitative estimate of drug-likeness (QED) is 0.193. The van der Waals surface area contributed by atoms with Crippen LogP contribution in [0.4, 0.5) is 0 Å². The lowest BCUT2D eigenvalue weighted by atomic mass is 9.63. The first-order valence-electron chi connectivity index (χ1n) is 7.67. The molecule has 1 aliphatic carbocycles. The molecule has 0 aliphatic heterocycles. The Morgan fingerprint density at radius 3 is 2.61 bits per heavy atom. The molecule has 1 fully saturated rings. The Hall–Kier alpha value is -1.95. The van der Waals surface area contributed by atoms with Crippen molar-refractivity contribution in [2.75, 3.05) is 13.7 Å². The highest BCUT2D eigenvalue weighted by Gasteiger charge is 2.51. The molecule has 0 bridgehead atoms. The zero-order chi connectivity index (χ0) is 17.6. The molecule has 1 saturated carbocycles. The Morgan fingerprint density at radius 2 is 2.09 bits per heavy atom. The molecule has 0 heterocycles. The van der Waals surface area contributed by atoms with Crippen LogP contribution in [-0.4, -0.2) is 31.3 Å². The molecule has 1 rings (SSSR count). The maximum absolute atomic E-state index is 12.5. The number of carbonyl (C=O) groups excluding carboxylic acids is 3. The molecule has 0 saturated heterocycles. The van der Waals surface area contributed by atoms with Crippen molar-refractivity contribution >= 4 is 17.5 Å². The minimum absolute atomic E-state index is 0.272. The second-order valence-electron chi connectivity index (χ2n) is 6.05. The fourth-order valence-electron chi connectivity index (χ4n) is 3.02. The summed E-state index contributed by atoms with van der Waals surface area (Å²) in [7, 11) is 1.24. The number of ether oxygens (including phenoxy) is 1. The molecule has 1 unspecified atom stereocenters. The van der Waals surface area contributed by atoms with Gasteiger partial charge in [0, 0.05) is 16.7 Å². The zero-order valence-corrected chi connectivity index (χ0v) is 14.2. The number of methoxy groups -OCH3 is 1. The number of hydrogen-bond donors (Lipinski definition) is 1. The van der Waals surface area contributed by atoms with E-state index in [-0.39, 0.29) is 18.8 Å². The molecule has 0 radical (unpaired) electrons. The van der Waals surface area contributed by atoms with Crippen molar-refractivity contribution in [1.29, 1.82) is 0 Å². The standard InChI is InChI=1S/C17H25NO5/c1-6-8-11(18-23-9-7-2)14-12(19)10-13(20)15(16(21)22-5)17(14,3)4/h7,15,18H,2,6,8-10H2,1,3-5H3. The van der Waals surface area contributed by atoms with Gasteiger partial charge in [-0.05, 0) is 6.42 Å². The average Bonchev–Trinajstić information content (AvgIpc) is 2.45. The van der Waals surface area contributed by atoms with Crippen LogP contribution in [0, 0.1) is 11.3 Å². The van der Waals surface area contributed by atoms with Crippen LogP contribution in [0.15, 0.2) is 23.9 Å². The van der Waals surface area contributed by atoms with Crippen molar-refractivity contribution in [3.05, 3.63) is 23.9 Å². The van der Waals surface area contributed by atoms with Gasteiger partial charge in [-0.3, -0.25) is 24.7 Å². The number of hydroxylamine groups is 1. The largest absolute Gasteiger partial charge is 0.468 e. The van der Waals surface area contributed by atoms with Crippen LogP contribution < -0.4 is 5.48 Å². The number of Topliss-reactive ketones (excluding diaryl/α,β-unsaturated/α-hetero) is 2. The highest BCUT2D eigenvalue weighted by molar-refractivity contribution is 6.17. The molecule has 0 aromatic heterocycles. The van der Waals surface area contributed by atoms with Gasteiger partial charge in [-0.1, -0.05) is 33.3 Å². The molecule has 1 N–H and O–H groups in total. The van der Waals surface area contributed by atoms with Gasteiger partial charge in [-0.15, -0.1) is 6.58 Å². The third-order valence-corrected chi connectivity index (χ3v) is 3.94. The lowest BCUT2D eigenvalue weighted by Gasteiger charge is -2.38. The highest BCUT2D eigenvalue weighted by Crippen LogP contribution is 2.43. The van der Waals surface area contributed by atoms with Gasteiger partial charge < -0.3 is 4.74 Å². The van der Waals surface area contributed by atoms with Gasteiger partial charge in [0.15, 0.2) is 11.6 Å². The average molecular weight is 323 g/mol. The molecule has 0 aromatic carbocycles. The number of hydrogen-bond acceptors (Lipinski definition) is 6. The van der Waals surface area contributed by atoms with E-state index in [0.29, 0.717) is 17.7 Å². The van der Waals surface area contributed by atoms with Gasteiger partial charge in [0.25, 0.3) is 0 Å². The molecule has 128 valence electrons. The van der Waals surface area contributed by atoms with E-state index in [2.05, 4.69) is 12.1 Å². The van der Waals surface area contributed by atoms with E-state index in [0.717, 1.165) is 6.42 Å². The number of allylic oxidation sites excluding steroid dienone is 2. The summed E-state index contributed by atoms with van der Waals surface area (Å²) in [6, 6.07) is 0. The van der Waals surface area contributed by atoms with Crippen LogP contribution in [0.2, 0.25) is 0 Å². The summed E-state index contributed by atoms with van der Waals surface area (Å²) in [5.41, 5.74) is 2.86. The number of nitrogens with one attached hydrogen (secondary N) is 1. The monoisotopic (exact) mass is 323 g/mol. The van der Waals surface area contributed by atoms with Gasteiger partial charge in [-0.25, -0.2) is 0 Å². The first-order chi connectivity index (χ1) is 10.8. The Labute approximate surface area is 136 Å². The SMILES string of the molecule is C=CCONC(CCC)=C1C(=O)CC(=O)C(C(=O)OC)C1(C)C. The van der Waals surface area contributed by atoms with Crippen LogP contribution in [0.5, 0.6) is 0 Å². The minimum atomic E-state index is -0.992. The molecule has 1 atom stereocenters. The first kappa shape index (κ1) is 19.1. The van der Waals surface area contributed by atoms with Crippen molar-refractivity contribution in [2.45, 2.75) is 40.0 Å². The van der Waals surface area contributed by atoms with Crippen LogP contribution >= 0.6 is 0 Å². The topological polar surface area (TPSA) is 81.7 Å². The van der Waals surface area contributed by atoms with Crippen LogP contribution in [-0.2, 0) is 24.0 Å². The van der Waals surface area contributed by atoms with E-state index < -0.39 is 23.1 Å². The van der Waals surface area contributed by atoms with Crippen molar-refractivity contribution in [3.8, 4) is 0 Å². The van der Waals surface area contributed by atoms with E-state index in [9.17, 15) is 14.4 Å². The first-order valence-corrected chi connectivity index (χ1v) is 7.67. The maximum atomic E-state index is 12.5. The fraction of sp³-hybridized carbons (Fsp3) is 0.588.